The molecule has 4 aliphatic rings. The Hall–Kier alpha value is -12.4. The molecule has 2 spiro atoms. The zero-order valence-corrected chi connectivity index (χ0v) is 50.8. The average Bonchev–Trinajstić information content (AvgIpc) is 1.48. The van der Waals surface area contributed by atoms with Crippen LogP contribution in [-0.4, -0.2) is 19.9 Å². The molecule has 0 radical (unpaired) electrons. The van der Waals surface area contributed by atoms with Gasteiger partial charge in [0.2, 0.25) is 0 Å². The molecular formula is C88H54N4O2. The van der Waals surface area contributed by atoms with Crippen LogP contribution in [0, 0.1) is 0 Å². The lowest BCUT2D eigenvalue weighted by molar-refractivity contribution is 0.437. The van der Waals surface area contributed by atoms with E-state index < -0.39 is 10.8 Å². The number of hydrogen-bond donors (Lipinski definition) is 0. The van der Waals surface area contributed by atoms with Gasteiger partial charge in [-0.1, -0.05) is 279 Å². The van der Waals surface area contributed by atoms with Crippen LogP contribution in [-0.2, 0) is 10.8 Å². The summed E-state index contributed by atoms with van der Waals surface area (Å²) in [4.78, 5) is 21.6. The first-order valence-electron chi connectivity index (χ1n) is 32.0. The van der Waals surface area contributed by atoms with Gasteiger partial charge >= 0.3 is 0 Å². The van der Waals surface area contributed by atoms with Crippen LogP contribution in [0.2, 0.25) is 0 Å². The predicted octanol–water partition coefficient (Wildman–Crippen LogP) is 21.5. The highest BCUT2D eigenvalue weighted by Crippen LogP contribution is 2.65. The van der Waals surface area contributed by atoms with Crippen molar-refractivity contribution in [3.63, 3.8) is 0 Å². The van der Waals surface area contributed by atoms with E-state index in [9.17, 15) is 0 Å². The van der Waals surface area contributed by atoms with Crippen molar-refractivity contribution in [2.24, 2.45) is 0 Å². The molecule has 13 aromatic carbocycles. The van der Waals surface area contributed by atoms with Gasteiger partial charge in [-0.25, -0.2) is 19.9 Å². The van der Waals surface area contributed by atoms with Gasteiger partial charge in [0.15, 0.2) is 11.6 Å². The normalized spacial score (nSPS) is 14.5. The Morgan fingerprint density at radius 2 is 0.521 bits per heavy atom. The van der Waals surface area contributed by atoms with Crippen LogP contribution in [0.1, 0.15) is 44.5 Å². The third-order valence-corrected chi connectivity index (χ3v) is 19.7. The molecule has 0 saturated carbocycles. The standard InChI is InChI=1S/C88H54N4O2/c1-4-23-55(24-5-1)56-45-47-58(48-46-56)78-54-79(91-85(89-78)59-27-8-3-9-28-59)66-34-22-42-76-84(66)94-82-44-19-17-40-74(82)88(76)71-38-15-12-33-65(71)68-52-61(49-50-72(68)88)60-29-20-30-62(51-60)86-90-77(57-25-6-2-7-26-57)53-80(92-86)67-35-21-41-75-83(67)93-81-43-18-16-39-73(81)87(75)69-36-13-10-31-63(69)64-32-11-14-37-70(64)87/h1-54H. The smallest absolute Gasteiger partial charge is 0.160 e. The molecule has 0 saturated heterocycles. The van der Waals surface area contributed by atoms with Crippen molar-refractivity contribution in [2.75, 3.05) is 0 Å². The van der Waals surface area contributed by atoms with E-state index in [0.29, 0.717) is 11.6 Å². The van der Waals surface area contributed by atoms with E-state index in [4.69, 9.17) is 29.4 Å². The molecule has 0 amide bonds. The molecule has 15 aromatic rings. The van der Waals surface area contributed by atoms with Crippen LogP contribution in [0.4, 0.5) is 0 Å². The molecule has 6 heteroatoms. The van der Waals surface area contributed by atoms with E-state index in [1.807, 2.05) is 30.3 Å². The summed E-state index contributed by atoms with van der Waals surface area (Å²) < 4.78 is 14.5. The van der Waals surface area contributed by atoms with Crippen molar-refractivity contribution in [2.45, 2.75) is 10.8 Å². The fourth-order valence-corrected chi connectivity index (χ4v) is 15.6. The van der Waals surface area contributed by atoms with Crippen molar-refractivity contribution in [1.29, 1.82) is 0 Å². The SMILES string of the molecule is c1ccc(-c2ccc(-c3cc(-c4cccc5c4Oc4ccccc4C54c5ccccc5-c5cc(-c6cccc(-c7nc(-c8ccccc8)cc(-c8cccc9c8Oc8ccccc8C98c9ccccc9-c9ccccc98)n7)c6)ccc54)nc(-c4ccccc4)n3)cc2)cc1. The van der Waals surface area contributed by atoms with Crippen LogP contribution >= 0.6 is 0 Å². The molecule has 2 aliphatic heterocycles. The largest absolute Gasteiger partial charge is 0.456 e. The molecule has 1 unspecified atom stereocenters. The van der Waals surface area contributed by atoms with Gasteiger partial charge in [0.05, 0.1) is 33.6 Å². The number of rotatable bonds is 8. The second-order valence-electron chi connectivity index (χ2n) is 24.6. The number of nitrogens with zero attached hydrogens (tertiary/aromatic N) is 4. The monoisotopic (exact) mass is 1200 g/mol. The molecule has 1 atom stereocenters. The third kappa shape index (κ3) is 8.03. The number of aromatic nitrogens is 4. The summed E-state index contributed by atoms with van der Waals surface area (Å²) in [6, 6.07) is 117. The minimum atomic E-state index is -0.743. The second kappa shape index (κ2) is 21.1. The summed E-state index contributed by atoms with van der Waals surface area (Å²) in [6.45, 7) is 0. The fourth-order valence-electron chi connectivity index (χ4n) is 15.6. The van der Waals surface area contributed by atoms with E-state index in [0.717, 1.165) is 129 Å². The Kier molecular flexibility index (Phi) is 12.0. The fraction of sp³-hybridized carbons (Fsp3) is 0.0227. The summed E-state index contributed by atoms with van der Waals surface area (Å²) in [7, 11) is 0. The number of benzene rings is 13. The second-order valence-corrected chi connectivity index (χ2v) is 24.6. The van der Waals surface area contributed by atoms with Gasteiger partial charge in [-0.05, 0) is 115 Å². The molecule has 438 valence electrons. The van der Waals surface area contributed by atoms with Crippen LogP contribution in [0.3, 0.4) is 0 Å². The Bertz CT molecular complexity index is 5530. The third-order valence-electron chi connectivity index (χ3n) is 19.7. The van der Waals surface area contributed by atoms with E-state index in [1.165, 1.54) is 38.9 Å². The Morgan fingerprint density at radius 3 is 1.06 bits per heavy atom. The van der Waals surface area contributed by atoms with Crippen molar-refractivity contribution >= 4 is 0 Å². The van der Waals surface area contributed by atoms with Gasteiger partial charge in [-0.3, -0.25) is 0 Å². The Labute approximate surface area is 544 Å². The van der Waals surface area contributed by atoms with Crippen LogP contribution in [0.5, 0.6) is 23.0 Å². The first kappa shape index (κ1) is 53.5. The van der Waals surface area contributed by atoms with Crippen LogP contribution in [0.15, 0.2) is 328 Å². The molecule has 0 N–H and O–H groups in total. The maximum Gasteiger partial charge on any atom is 0.160 e. The lowest BCUT2D eigenvalue weighted by Crippen LogP contribution is -2.32. The summed E-state index contributed by atoms with van der Waals surface area (Å²) in [5.74, 6) is 4.43. The molecular weight excluding hydrogens is 1140 g/mol. The van der Waals surface area contributed by atoms with Crippen molar-refractivity contribution < 1.29 is 9.47 Å². The summed E-state index contributed by atoms with van der Waals surface area (Å²) in [5.41, 5.74) is 25.8. The first-order chi connectivity index (χ1) is 46.6. The maximum atomic E-state index is 7.27. The van der Waals surface area contributed by atoms with Gasteiger partial charge in [-0.15, -0.1) is 0 Å². The average molecular weight is 1200 g/mol. The van der Waals surface area contributed by atoms with E-state index in [-0.39, 0.29) is 0 Å². The van der Waals surface area contributed by atoms with Gasteiger partial charge in [0.1, 0.15) is 23.0 Å². The van der Waals surface area contributed by atoms with Crippen LogP contribution < -0.4 is 9.47 Å². The quantitative estimate of drug-likeness (QED) is 0.151. The summed E-state index contributed by atoms with van der Waals surface area (Å²) in [5, 5.41) is 0. The molecule has 2 aliphatic carbocycles. The molecule has 94 heavy (non-hydrogen) atoms. The topological polar surface area (TPSA) is 70.0 Å². The molecule has 4 heterocycles. The molecule has 0 fully saturated rings. The number of para-hydroxylation sites is 4. The molecule has 2 aromatic heterocycles. The highest BCUT2D eigenvalue weighted by atomic mass is 16.5. The van der Waals surface area contributed by atoms with E-state index >= 15 is 0 Å². The maximum absolute atomic E-state index is 7.27. The van der Waals surface area contributed by atoms with Gasteiger partial charge in [0.25, 0.3) is 0 Å². The highest BCUT2D eigenvalue weighted by Gasteiger charge is 2.53. The predicted molar refractivity (Wildman–Crippen MR) is 376 cm³/mol. The van der Waals surface area contributed by atoms with Gasteiger partial charge in [-0.2, -0.15) is 0 Å². The highest BCUT2D eigenvalue weighted by molar-refractivity contribution is 5.94. The lowest BCUT2D eigenvalue weighted by atomic mass is 9.65. The number of fused-ring (bicyclic) bond motifs is 18. The van der Waals surface area contributed by atoms with Crippen molar-refractivity contribution in [3.8, 4) is 135 Å². The number of hydrogen-bond acceptors (Lipinski definition) is 6. The van der Waals surface area contributed by atoms with Crippen molar-refractivity contribution in [3.05, 3.63) is 372 Å². The van der Waals surface area contributed by atoms with E-state index in [2.05, 4.69) is 297 Å². The van der Waals surface area contributed by atoms with E-state index in [1.54, 1.807) is 0 Å². The Balaban J connectivity index is 0.744. The first-order valence-corrected chi connectivity index (χ1v) is 32.0. The van der Waals surface area contributed by atoms with Crippen molar-refractivity contribution in [1.82, 2.24) is 19.9 Å². The minimum absolute atomic E-state index is 0.614. The van der Waals surface area contributed by atoms with Crippen LogP contribution in [0.25, 0.3) is 112 Å². The summed E-state index contributed by atoms with van der Waals surface area (Å²) >= 11 is 0. The zero-order chi connectivity index (χ0) is 61.9. The molecule has 6 nitrogen and oxygen atoms in total. The molecule has 19 rings (SSSR count). The Morgan fingerprint density at radius 1 is 0.191 bits per heavy atom. The van der Waals surface area contributed by atoms with Gasteiger partial charge < -0.3 is 9.47 Å². The van der Waals surface area contributed by atoms with Gasteiger partial charge in [0, 0.05) is 55.6 Å². The number of ether oxygens (including phenoxy) is 2. The molecule has 0 bridgehead atoms. The minimum Gasteiger partial charge on any atom is -0.456 e. The lowest BCUT2D eigenvalue weighted by Gasteiger charge is -2.40. The zero-order valence-electron chi connectivity index (χ0n) is 50.8. The summed E-state index contributed by atoms with van der Waals surface area (Å²) in [6.07, 6.45) is 0.